The molecule has 0 atom stereocenters. The molecule has 0 radical (unpaired) electrons. The monoisotopic (exact) mass is 469 g/mol. The molecule has 0 saturated carbocycles. The summed E-state index contributed by atoms with van der Waals surface area (Å²) in [7, 11) is 0. The van der Waals surface area contributed by atoms with E-state index in [1.165, 1.54) is 17.5 Å². The normalized spacial score (nSPS) is 11.1. The smallest absolute Gasteiger partial charge is 0.362 e. The molecule has 6 nitrogen and oxygen atoms in total. The van der Waals surface area contributed by atoms with Crippen molar-refractivity contribution in [2.45, 2.75) is 12.6 Å². The van der Waals surface area contributed by atoms with E-state index in [1.54, 1.807) is 24.3 Å². The van der Waals surface area contributed by atoms with Gasteiger partial charge in [0.2, 0.25) is 0 Å². The van der Waals surface area contributed by atoms with Crippen molar-refractivity contribution in [3.8, 4) is 0 Å². The zero-order valence-electron chi connectivity index (χ0n) is 15.7. The number of carbonyl (C=O) groups excluding carboxylic acids is 1. The highest BCUT2D eigenvalue weighted by atomic mass is 32.1. The molecular formula is C19H15F4N5OS2. The number of nitrogens with zero attached hydrogens (tertiary/aromatic N) is 2. The fourth-order valence-corrected chi connectivity index (χ4v) is 3.23. The Morgan fingerprint density at radius 2 is 1.74 bits per heavy atom. The van der Waals surface area contributed by atoms with Gasteiger partial charge in [-0.2, -0.15) is 13.2 Å². The van der Waals surface area contributed by atoms with Gasteiger partial charge in [0, 0.05) is 23.3 Å². The maximum Gasteiger partial charge on any atom is 0.419 e. The number of thiocarbonyl (C=S) groups is 1. The van der Waals surface area contributed by atoms with Crippen LogP contribution >= 0.6 is 23.8 Å². The van der Waals surface area contributed by atoms with Crippen LogP contribution in [0.1, 0.15) is 21.6 Å². The molecule has 0 aliphatic heterocycles. The third-order valence-corrected chi connectivity index (χ3v) is 4.81. The number of hydrogen-bond acceptors (Lipinski definition) is 5. The van der Waals surface area contributed by atoms with Gasteiger partial charge in [0.25, 0.3) is 5.91 Å². The highest BCUT2D eigenvalue weighted by Gasteiger charge is 2.34. The van der Waals surface area contributed by atoms with Crippen molar-refractivity contribution in [1.82, 2.24) is 14.9 Å². The molecule has 0 aliphatic carbocycles. The first kappa shape index (κ1) is 22.6. The number of rotatable bonds is 6. The molecule has 2 aromatic carbocycles. The zero-order valence-corrected chi connectivity index (χ0v) is 17.3. The molecule has 1 amide bonds. The lowest BCUT2D eigenvalue weighted by atomic mass is 10.1. The van der Waals surface area contributed by atoms with Gasteiger partial charge in [0.05, 0.1) is 5.56 Å². The largest absolute Gasteiger partial charge is 0.419 e. The summed E-state index contributed by atoms with van der Waals surface area (Å²) < 4.78 is 56.0. The number of aromatic nitrogens is 2. The van der Waals surface area contributed by atoms with Gasteiger partial charge >= 0.3 is 6.18 Å². The molecule has 3 rings (SSSR count). The number of halogens is 4. The van der Waals surface area contributed by atoms with Crippen LogP contribution in [0.5, 0.6) is 0 Å². The molecule has 0 spiro atoms. The number of alkyl halides is 3. The van der Waals surface area contributed by atoms with E-state index in [0.717, 1.165) is 11.5 Å². The molecule has 3 aromatic rings. The second kappa shape index (κ2) is 9.79. The molecule has 0 bridgehead atoms. The Morgan fingerprint density at radius 1 is 1.06 bits per heavy atom. The van der Waals surface area contributed by atoms with Crippen LogP contribution in [0.4, 0.5) is 28.9 Å². The molecular weight excluding hydrogens is 454 g/mol. The number of benzene rings is 2. The third kappa shape index (κ3) is 6.18. The lowest BCUT2D eigenvalue weighted by molar-refractivity contribution is -0.140. The minimum Gasteiger partial charge on any atom is -0.362 e. The fourth-order valence-electron chi connectivity index (χ4n) is 2.57. The molecule has 12 heteroatoms. The van der Waals surface area contributed by atoms with Gasteiger partial charge in [-0.15, -0.1) is 5.10 Å². The number of anilines is 2. The van der Waals surface area contributed by atoms with Crippen LogP contribution in [0, 0.1) is 5.82 Å². The van der Waals surface area contributed by atoms with Gasteiger partial charge < -0.3 is 16.0 Å². The van der Waals surface area contributed by atoms with Crippen molar-refractivity contribution in [3.63, 3.8) is 0 Å². The molecule has 3 N–H and O–H groups in total. The Hall–Kier alpha value is -3.12. The lowest BCUT2D eigenvalue weighted by Crippen LogP contribution is -2.30. The van der Waals surface area contributed by atoms with Crippen LogP contribution < -0.4 is 16.0 Å². The second-order valence-corrected chi connectivity index (χ2v) is 7.25. The first-order chi connectivity index (χ1) is 14.7. The van der Waals surface area contributed by atoms with E-state index in [2.05, 4.69) is 25.5 Å². The van der Waals surface area contributed by atoms with Gasteiger partial charge in [0.1, 0.15) is 5.82 Å². The van der Waals surface area contributed by atoms with E-state index < -0.39 is 17.6 Å². The second-order valence-electron chi connectivity index (χ2n) is 6.23. The molecule has 1 aromatic heterocycles. The lowest BCUT2D eigenvalue weighted by Gasteiger charge is -2.13. The zero-order chi connectivity index (χ0) is 22.4. The quantitative estimate of drug-likeness (QED) is 0.365. The SMILES string of the molecule is O=C(Nc1ccc(NC(=S)NCCc2cccc(C(F)(F)F)c2F)cc1)c1csnn1. The Labute approximate surface area is 183 Å². The van der Waals surface area contributed by atoms with Gasteiger partial charge in [-0.3, -0.25) is 4.79 Å². The minimum absolute atomic E-state index is 0.0218. The summed E-state index contributed by atoms with van der Waals surface area (Å²) in [5, 5.41) is 13.8. The summed E-state index contributed by atoms with van der Waals surface area (Å²) in [6.45, 7) is 0.139. The number of nitrogens with one attached hydrogen (secondary N) is 3. The highest BCUT2D eigenvalue weighted by Crippen LogP contribution is 2.32. The van der Waals surface area contributed by atoms with Crippen LogP contribution in [0.25, 0.3) is 0 Å². The van der Waals surface area contributed by atoms with Crippen LogP contribution in [0.2, 0.25) is 0 Å². The topological polar surface area (TPSA) is 78.9 Å². The van der Waals surface area contributed by atoms with Crippen molar-refractivity contribution in [3.05, 3.63) is 70.5 Å². The molecule has 0 saturated heterocycles. The van der Waals surface area contributed by atoms with Crippen LogP contribution in [-0.4, -0.2) is 27.2 Å². The summed E-state index contributed by atoms with van der Waals surface area (Å²) in [6.07, 6.45) is -4.72. The fraction of sp³-hybridized carbons (Fsp3) is 0.158. The Bertz CT molecular complexity index is 1060. The van der Waals surface area contributed by atoms with E-state index in [0.29, 0.717) is 17.4 Å². The summed E-state index contributed by atoms with van der Waals surface area (Å²) in [6, 6.07) is 9.84. The van der Waals surface area contributed by atoms with E-state index in [1.807, 2.05) is 0 Å². The van der Waals surface area contributed by atoms with E-state index in [9.17, 15) is 22.4 Å². The van der Waals surface area contributed by atoms with Crippen molar-refractivity contribution in [1.29, 1.82) is 0 Å². The number of amides is 1. The maximum absolute atomic E-state index is 14.0. The van der Waals surface area contributed by atoms with Crippen molar-refractivity contribution in [2.24, 2.45) is 0 Å². The van der Waals surface area contributed by atoms with E-state index in [-0.39, 0.29) is 35.2 Å². The Morgan fingerprint density at radius 3 is 2.35 bits per heavy atom. The molecule has 0 unspecified atom stereocenters. The van der Waals surface area contributed by atoms with Crippen molar-refractivity contribution < 1.29 is 22.4 Å². The summed E-state index contributed by atoms with van der Waals surface area (Å²) in [5.74, 6) is -1.66. The Kier molecular flexibility index (Phi) is 7.13. The summed E-state index contributed by atoms with van der Waals surface area (Å²) in [4.78, 5) is 11.9. The molecule has 1 heterocycles. The minimum atomic E-state index is -4.74. The molecule has 31 heavy (non-hydrogen) atoms. The Balaban J connectivity index is 1.48. The first-order valence-corrected chi connectivity index (χ1v) is 10.1. The van der Waals surface area contributed by atoms with Crippen molar-refractivity contribution in [2.75, 3.05) is 17.2 Å². The average molecular weight is 469 g/mol. The van der Waals surface area contributed by atoms with Crippen LogP contribution in [0.15, 0.2) is 47.8 Å². The number of carbonyl (C=O) groups is 1. The van der Waals surface area contributed by atoms with Gasteiger partial charge in [0.15, 0.2) is 10.8 Å². The highest BCUT2D eigenvalue weighted by molar-refractivity contribution is 7.80. The first-order valence-electron chi connectivity index (χ1n) is 8.82. The van der Waals surface area contributed by atoms with Crippen LogP contribution in [-0.2, 0) is 12.6 Å². The molecule has 162 valence electrons. The van der Waals surface area contributed by atoms with Crippen LogP contribution in [0.3, 0.4) is 0 Å². The van der Waals surface area contributed by atoms with Gasteiger partial charge in [-0.1, -0.05) is 16.6 Å². The summed E-state index contributed by atoms with van der Waals surface area (Å²) >= 11 is 6.22. The standard InChI is InChI=1S/C19H15F4N5OS2/c20-16-11(2-1-3-14(16)19(21,22)23)8-9-24-18(30)26-13-6-4-12(5-7-13)25-17(29)15-10-31-28-27-15/h1-7,10H,8-9H2,(H,25,29)(H2,24,26,30). The predicted molar refractivity (Wildman–Crippen MR) is 114 cm³/mol. The van der Waals surface area contributed by atoms with E-state index >= 15 is 0 Å². The van der Waals surface area contributed by atoms with Gasteiger partial charge in [-0.05, 0) is 66.1 Å². The molecule has 0 fully saturated rings. The summed E-state index contributed by atoms with van der Waals surface area (Å²) in [5.41, 5.74) is 0.0396. The third-order valence-electron chi connectivity index (χ3n) is 4.06. The maximum atomic E-state index is 14.0. The molecule has 0 aliphatic rings. The van der Waals surface area contributed by atoms with Gasteiger partial charge in [-0.25, -0.2) is 4.39 Å². The van der Waals surface area contributed by atoms with Crippen molar-refractivity contribution >= 4 is 46.1 Å². The number of hydrogen-bond donors (Lipinski definition) is 3. The van der Waals surface area contributed by atoms with E-state index in [4.69, 9.17) is 12.2 Å². The average Bonchev–Trinajstić information content (AvgIpc) is 3.25. The predicted octanol–water partition coefficient (Wildman–Crippen LogP) is 4.48.